The minimum atomic E-state index is -0.490. The Labute approximate surface area is 94.9 Å². The lowest BCUT2D eigenvalue weighted by Crippen LogP contribution is -2.37. The minimum Gasteiger partial charge on any atom is -0.457 e. The van der Waals surface area contributed by atoms with Gasteiger partial charge in [0.1, 0.15) is 0 Å². The quantitative estimate of drug-likeness (QED) is 0.311. The van der Waals surface area contributed by atoms with Gasteiger partial charge in [-0.2, -0.15) is 4.89 Å². The highest BCUT2D eigenvalue weighted by Gasteiger charge is 2.46. The summed E-state index contributed by atoms with van der Waals surface area (Å²) >= 11 is 0. The molecular formula is C11H16O5. The van der Waals surface area contributed by atoms with Gasteiger partial charge in [0.15, 0.2) is 18.3 Å². The summed E-state index contributed by atoms with van der Waals surface area (Å²) in [5, 5.41) is 0. The molecule has 0 aromatic rings. The smallest absolute Gasteiger partial charge is 0.303 e. The number of ether oxygens (including phenoxy) is 2. The molecule has 1 heterocycles. The van der Waals surface area contributed by atoms with Crippen LogP contribution in [-0.2, 0) is 24.0 Å². The first kappa shape index (κ1) is 12.8. The molecule has 4 atom stereocenters. The Morgan fingerprint density at radius 2 is 2.19 bits per heavy atom. The molecule has 5 heteroatoms. The molecule has 0 amide bonds. The van der Waals surface area contributed by atoms with Crippen molar-refractivity contribution in [2.75, 3.05) is 0 Å². The van der Waals surface area contributed by atoms with Gasteiger partial charge in [-0.25, -0.2) is 0 Å². The first-order valence-electron chi connectivity index (χ1n) is 5.20. The monoisotopic (exact) mass is 228 g/mol. The van der Waals surface area contributed by atoms with Crippen molar-refractivity contribution >= 4 is 5.97 Å². The fourth-order valence-corrected chi connectivity index (χ4v) is 1.79. The first-order chi connectivity index (χ1) is 7.60. The lowest BCUT2D eigenvalue weighted by molar-refractivity contribution is -0.293. The van der Waals surface area contributed by atoms with Crippen LogP contribution in [0.4, 0.5) is 0 Å². The number of esters is 1. The van der Waals surface area contributed by atoms with Crippen molar-refractivity contribution in [3.63, 3.8) is 0 Å². The minimum absolute atomic E-state index is 0.187. The number of hydrogen-bond acceptors (Lipinski definition) is 5. The maximum atomic E-state index is 10.9. The van der Waals surface area contributed by atoms with Crippen LogP contribution in [0.3, 0.4) is 0 Å². The summed E-state index contributed by atoms with van der Waals surface area (Å²) in [7, 11) is 0. The van der Waals surface area contributed by atoms with Gasteiger partial charge in [0.2, 0.25) is 0 Å². The molecule has 1 aliphatic heterocycles. The van der Waals surface area contributed by atoms with Gasteiger partial charge in [0.05, 0.1) is 12.2 Å². The summed E-state index contributed by atoms with van der Waals surface area (Å²) in [6.45, 7) is 5.10. The van der Waals surface area contributed by atoms with E-state index in [1.807, 2.05) is 20.0 Å². The number of terminal acetylenes is 1. The second-order valence-corrected chi connectivity index (χ2v) is 3.62. The van der Waals surface area contributed by atoms with Crippen molar-refractivity contribution in [2.24, 2.45) is 0 Å². The molecule has 1 saturated heterocycles. The molecule has 5 nitrogen and oxygen atoms in total. The van der Waals surface area contributed by atoms with Crippen LogP contribution in [0, 0.1) is 12.5 Å². The molecule has 0 N–H and O–H groups in total. The molecule has 1 aliphatic rings. The van der Waals surface area contributed by atoms with Gasteiger partial charge >= 0.3 is 5.97 Å². The van der Waals surface area contributed by atoms with Crippen LogP contribution in [0.15, 0.2) is 0 Å². The fraction of sp³-hybridized carbons (Fsp3) is 0.727. The standard InChI is InChI=1S/C11H16O5/c1-5-9-11(16-13-6-2)10(7(3)14-9)15-8(4)12/h2,7,9-11H,5H2,1,3-4H3/t7?,9-,10?,11?/m1/s1. The second kappa shape index (κ2) is 5.73. The van der Waals surface area contributed by atoms with E-state index < -0.39 is 12.2 Å². The largest absolute Gasteiger partial charge is 0.457 e. The Hall–Kier alpha value is -1.25. The SMILES string of the molecule is C#COOC1C(OC(C)=O)C(C)O[C@@H]1CC. The van der Waals surface area contributed by atoms with Crippen LogP contribution >= 0.6 is 0 Å². The molecule has 1 fully saturated rings. The molecular weight excluding hydrogens is 212 g/mol. The third-order valence-corrected chi connectivity index (χ3v) is 2.45. The van der Waals surface area contributed by atoms with Crippen LogP contribution in [0.25, 0.3) is 0 Å². The zero-order valence-electron chi connectivity index (χ0n) is 9.64. The molecule has 0 aliphatic carbocycles. The average Bonchev–Trinajstić information content (AvgIpc) is 2.52. The highest BCUT2D eigenvalue weighted by Crippen LogP contribution is 2.28. The number of rotatable bonds is 4. The van der Waals surface area contributed by atoms with Crippen LogP contribution in [-0.4, -0.2) is 30.4 Å². The third-order valence-electron chi connectivity index (χ3n) is 2.45. The zero-order chi connectivity index (χ0) is 12.1. The van der Waals surface area contributed by atoms with Crippen molar-refractivity contribution in [3.05, 3.63) is 0 Å². The maximum Gasteiger partial charge on any atom is 0.303 e. The predicted octanol–water partition coefficient (Wildman–Crippen LogP) is 1.02. The van der Waals surface area contributed by atoms with E-state index in [2.05, 4.69) is 4.89 Å². The van der Waals surface area contributed by atoms with Crippen LogP contribution in [0.5, 0.6) is 0 Å². The van der Waals surface area contributed by atoms with Crippen molar-refractivity contribution < 1.29 is 24.0 Å². The van der Waals surface area contributed by atoms with Crippen molar-refractivity contribution in [2.45, 2.75) is 51.6 Å². The Balaban J connectivity index is 2.69. The summed E-state index contributed by atoms with van der Waals surface area (Å²) in [6, 6.07) is 0. The van der Waals surface area contributed by atoms with Crippen LogP contribution in [0.2, 0.25) is 0 Å². The Morgan fingerprint density at radius 3 is 2.69 bits per heavy atom. The van der Waals surface area contributed by atoms with Gasteiger partial charge in [-0.1, -0.05) is 13.3 Å². The lowest BCUT2D eigenvalue weighted by Gasteiger charge is -2.20. The summed E-state index contributed by atoms with van der Waals surface area (Å²) in [5.41, 5.74) is 0. The lowest BCUT2D eigenvalue weighted by atomic mass is 10.1. The van der Waals surface area contributed by atoms with E-state index in [0.29, 0.717) is 0 Å². The van der Waals surface area contributed by atoms with Gasteiger partial charge < -0.3 is 9.47 Å². The van der Waals surface area contributed by atoms with Gasteiger partial charge in [-0.3, -0.25) is 9.68 Å². The Bertz CT molecular complexity index is 283. The molecule has 0 spiro atoms. The van der Waals surface area contributed by atoms with Gasteiger partial charge in [0, 0.05) is 6.92 Å². The van der Waals surface area contributed by atoms with Crippen molar-refractivity contribution in [3.8, 4) is 12.5 Å². The summed E-state index contributed by atoms with van der Waals surface area (Å²) in [4.78, 5) is 20.4. The van der Waals surface area contributed by atoms with E-state index in [0.717, 1.165) is 6.42 Å². The Morgan fingerprint density at radius 1 is 1.50 bits per heavy atom. The van der Waals surface area contributed by atoms with Crippen LogP contribution < -0.4 is 0 Å². The molecule has 90 valence electrons. The molecule has 1 rings (SSSR count). The van der Waals surface area contributed by atoms with Crippen molar-refractivity contribution in [1.82, 2.24) is 0 Å². The first-order valence-corrected chi connectivity index (χ1v) is 5.20. The molecule has 0 aromatic heterocycles. The topological polar surface area (TPSA) is 54.0 Å². The zero-order valence-corrected chi connectivity index (χ0v) is 9.64. The third kappa shape index (κ3) is 2.87. The molecule has 0 bridgehead atoms. The fourth-order valence-electron chi connectivity index (χ4n) is 1.79. The number of carbonyl (C=O) groups is 1. The predicted molar refractivity (Wildman–Crippen MR) is 55.0 cm³/mol. The van der Waals surface area contributed by atoms with E-state index in [4.69, 9.17) is 20.8 Å². The van der Waals surface area contributed by atoms with E-state index in [9.17, 15) is 4.79 Å². The number of carbonyl (C=O) groups excluding carboxylic acids is 1. The van der Waals surface area contributed by atoms with Crippen molar-refractivity contribution in [1.29, 1.82) is 0 Å². The number of hydrogen-bond donors (Lipinski definition) is 0. The molecule has 16 heavy (non-hydrogen) atoms. The van der Waals surface area contributed by atoms with Gasteiger partial charge in [-0.05, 0) is 13.3 Å². The Kier molecular flexibility index (Phi) is 4.59. The summed E-state index contributed by atoms with van der Waals surface area (Å²) in [5.74, 6) is -0.383. The van der Waals surface area contributed by atoms with Gasteiger partial charge in [-0.15, -0.1) is 0 Å². The second-order valence-electron chi connectivity index (χ2n) is 3.62. The highest BCUT2D eigenvalue weighted by atomic mass is 17.2. The average molecular weight is 228 g/mol. The van der Waals surface area contributed by atoms with E-state index in [-0.39, 0.29) is 18.2 Å². The summed E-state index contributed by atoms with van der Waals surface area (Å²) in [6.07, 6.45) is 6.16. The molecule has 0 radical (unpaired) electrons. The molecule has 0 aromatic carbocycles. The summed E-state index contributed by atoms with van der Waals surface area (Å²) < 4.78 is 10.7. The van der Waals surface area contributed by atoms with E-state index in [1.54, 1.807) is 0 Å². The molecule has 0 saturated carbocycles. The van der Waals surface area contributed by atoms with E-state index in [1.165, 1.54) is 6.92 Å². The maximum absolute atomic E-state index is 10.9. The molecule has 3 unspecified atom stereocenters. The van der Waals surface area contributed by atoms with Crippen LogP contribution in [0.1, 0.15) is 27.2 Å². The highest BCUT2D eigenvalue weighted by molar-refractivity contribution is 5.66. The normalized spacial score (nSPS) is 33.1. The van der Waals surface area contributed by atoms with Gasteiger partial charge in [0.25, 0.3) is 0 Å². The van der Waals surface area contributed by atoms with E-state index >= 15 is 0 Å².